The monoisotopic (exact) mass is 302 g/mol. The molecule has 0 unspecified atom stereocenters. The van der Waals surface area contributed by atoms with Crippen LogP contribution in [-0.4, -0.2) is 35.9 Å². The number of carbonyl (C=O) groups excluding carboxylic acids is 1. The first-order valence-corrected chi connectivity index (χ1v) is 7.28. The molecule has 1 aromatic carbocycles. The van der Waals surface area contributed by atoms with Crippen LogP contribution in [0.5, 0.6) is 5.75 Å². The van der Waals surface area contributed by atoms with E-state index in [1.807, 2.05) is 4.90 Å². The van der Waals surface area contributed by atoms with Crippen LogP contribution in [-0.2, 0) is 4.79 Å². The Balaban J connectivity index is 1.83. The SMILES string of the molecule is COc1cc(C2=C[C@H]3CN(C(C)=O)C[C@H]3C2)ccc1[N+](=O)[O-]. The van der Waals surface area contributed by atoms with Gasteiger partial charge in [0.2, 0.25) is 5.91 Å². The number of benzene rings is 1. The van der Waals surface area contributed by atoms with Crippen LogP contribution in [0.4, 0.5) is 5.69 Å². The molecule has 0 radical (unpaired) electrons. The number of nitro benzene ring substituents is 1. The molecule has 1 fully saturated rings. The Morgan fingerprint density at radius 2 is 2.18 bits per heavy atom. The fourth-order valence-corrected chi connectivity index (χ4v) is 3.41. The van der Waals surface area contributed by atoms with Gasteiger partial charge in [-0.3, -0.25) is 14.9 Å². The van der Waals surface area contributed by atoms with E-state index in [1.165, 1.54) is 18.7 Å². The van der Waals surface area contributed by atoms with Crippen LogP contribution in [0.3, 0.4) is 0 Å². The topological polar surface area (TPSA) is 72.7 Å². The van der Waals surface area contributed by atoms with Crippen LogP contribution in [0.2, 0.25) is 0 Å². The van der Waals surface area contributed by atoms with Crippen molar-refractivity contribution in [3.05, 3.63) is 40.0 Å². The smallest absolute Gasteiger partial charge is 0.310 e. The first kappa shape index (κ1) is 14.6. The van der Waals surface area contributed by atoms with E-state index < -0.39 is 4.92 Å². The highest BCUT2D eigenvalue weighted by Crippen LogP contribution is 2.42. The van der Waals surface area contributed by atoms with Gasteiger partial charge in [-0.05, 0) is 41.5 Å². The number of likely N-dealkylation sites (tertiary alicyclic amines) is 1. The molecule has 0 aromatic heterocycles. The Morgan fingerprint density at radius 1 is 1.41 bits per heavy atom. The van der Waals surface area contributed by atoms with Gasteiger partial charge in [-0.15, -0.1) is 0 Å². The van der Waals surface area contributed by atoms with E-state index in [0.29, 0.717) is 11.8 Å². The maximum Gasteiger partial charge on any atom is 0.310 e. The molecule has 1 amide bonds. The summed E-state index contributed by atoms with van der Waals surface area (Å²) in [5.74, 6) is 1.26. The van der Waals surface area contributed by atoms with Crippen molar-refractivity contribution in [3.63, 3.8) is 0 Å². The number of nitro groups is 1. The van der Waals surface area contributed by atoms with Crippen LogP contribution in [0, 0.1) is 22.0 Å². The molecule has 2 atom stereocenters. The molecule has 0 N–H and O–H groups in total. The molecule has 1 saturated heterocycles. The van der Waals surface area contributed by atoms with Gasteiger partial charge in [0, 0.05) is 26.1 Å². The first-order valence-electron chi connectivity index (χ1n) is 7.28. The van der Waals surface area contributed by atoms with E-state index in [1.54, 1.807) is 19.1 Å². The Hall–Kier alpha value is -2.37. The van der Waals surface area contributed by atoms with Gasteiger partial charge in [0.1, 0.15) is 0 Å². The quantitative estimate of drug-likeness (QED) is 0.635. The molecule has 1 aliphatic carbocycles. The van der Waals surface area contributed by atoms with Crippen molar-refractivity contribution < 1.29 is 14.5 Å². The standard InChI is InChI=1S/C16H18N2O4/c1-10(19)17-8-13-5-12(6-14(13)9-17)11-3-4-15(18(20)21)16(7-11)22-2/h3-5,7,13-14H,6,8-9H2,1-2H3/t13-,14+/m0/s1. The van der Waals surface area contributed by atoms with Gasteiger partial charge in [0.15, 0.2) is 5.75 Å². The number of rotatable bonds is 3. The molecule has 6 heteroatoms. The molecule has 0 saturated carbocycles. The number of hydrogen-bond donors (Lipinski definition) is 0. The van der Waals surface area contributed by atoms with Crippen LogP contribution in [0.25, 0.3) is 5.57 Å². The highest BCUT2D eigenvalue weighted by atomic mass is 16.6. The summed E-state index contributed by atoms with van der Waals surface area (Å²) in [5.41, 5.74) is 2.13. The minimum atomic E-state index is -0.439. The third-order valence-electron chi connectivity index (χ3n) is 4.58. The van der Waals surface area contributed by atoms with Crippen molar-refractivity contribution in [1.29, 1.82) is 0 Å². The minimum Gasteiger partial charge on any atom is -0.490 e. The fourth-order valence-electron chi connectivity index (χ4n) is 3.41. The van der Waals surface area contributed by atoms with E-state index in [9.17, 15) is 14.9 Å². The summed E-state index contributed by atoms with van der Waals surface area (Å²) in [4.78, 5) is 23.8. The van der Waals surface area contributed by atoms with Crippen molar-refractivity contribution in [3.8, 4) is 5.75 Å². The predicted molar refractivity (Wildman–Crippen MR) is 81.5 cm³/mol. The second kappa shape index (κ2) is 5.44. The fraction of sp³-hybridized carbons (Fsp3) is 0.438. The predicted octanol–water partition coefficient (Wildman–Crippen LogP) is 2.49. The van der Waals surface area contributed by atoms with Crippen molar-refractivity contribution >= 4 is 17.2 Å². The molecule has 6 nitrogen and oxygen atoms in total. The summed E-state index contributed by atoms with van der Waals surface area (Å²) in [6.07, 6.45) is 3.10. The lowest BCUT2D eigenvalue weighted by molar-refractivity contribution is -0.385. The molecule has 1 aromatic rings. The lowest BCUT2D eigenvalue weighted by Crippen LogP contribution is -2.26. The first-order chi connectivity index (χ1) is 10.5. The third kappa shape index (κ3) is 2.45. The molecule has 0 bridgehead atoms. The number of carbonyl (C=O) groups is 1. The molecular formula is C16H18N2O4. The summed E-state index contributed by atoms with van der Waals surface area (Å²) < 4.78 is 5.13. The number of methoxy groups -OCH3 is 1. The zero-order chi connectivity index (χ0) is 15.9. The van der Waals surface area contributed by atoms with Gasteiger partial charge in [-0.2, -0.15) is 0 Å². The van der Waals surface area contributed by atoms with Crippen molar-refractivity contribution in [1.82, 2.24) is 4.90 Å². The summed E-state index contributed by atoms with van der Waals surface area (Å²) >= 11 is 0. The van der Waals surface area contributed by atoms with Gasteiger partial charge in [0.05, 0.1) is 12.0 Å². The van der Waals surface area contributed by atoms with Crippen LogP contribution in [0.15, 0.2) is 24.3 Å². The zero-order valence-corrected chi connectivity index (χ0v) is 12.6. The normalized spacial score (nSPS) is 23.2. The van der Waals surface area contributed by atoms with Gasteiger partial charge in [-0.1, -0.05) is 6.08 Å². The Bertz CT molecular complexity index is 668. The van der Waals surface area contributed by atoms with Crippen molar-refractivity contribution in [2.24, 2.45) is 11.8 Å². The number of fused-ring (bicyclic) bond motifs is 1. The highest BCUT2D eigenvalue weighted by molar-refractivity contribution is 5.75. The third-order valence-corrected chi connectivity index (χ3v) is 4.58. The lowest BCUT2D eigenvalue weighted by atomic mass is 9.98. The molecule has 116 valence electrons. The van der Waals surface area contributed by atoms with Crippen LogP contribution >= 0.6 is 0 Å². The Kier molecular flexibility index (Phi) is 3.60. The van der Waals surface area contributed by atoms with E-state index in [4.69, 9.17) is 4.74 Å². The number of allylic oxidation sites excluding steroid dienone is 1. The largest absolute Gasteiger partial charge is 0.490 e. The number of ether oxygens (including phenoxy) is 1. The van der Waals surface area contributed by atoms with Crippen molar-refractivity contribution in [2.75, 3.05) is 20.2 Å². The number of hydrogen-bond acceptors (Lipinski definition) is 4. The molecule has 2 aliphatic rings. The number of amides is 1. The second-order valence-corrected chi connectivity index (χ2v) is 5.89. The van der Waals surface area contributed by atoms with Crippen LogP contribution < -0.4 is 4.74 Å². The zero-order valence-electron chi connectivity index (χ0n) is 12.6. The van der Waals surface area contributed by atoms with E-state index >= 15 is 0 Å². The second-order valence-electron chi connectivity index (χ2n) is 5.89. The van der Waals surface area contributed by atoms with Crippen LogP contribution in [0.1, 0.15) is 18.9 Å². The summed E-state index contributed by atoms with van der Waals surface area (Å²) in [6, 6.07) is 5.00. The summed E-state index contributed by atoms with van der Waals surface area (Å²) in [5, 5.41) is 10.9. The van der Waals surface area contributed by atoms with Gasteiger partial charge in [-0.25, -0.2) is 0 Å². The van der Waals surface area contributed by atoms with E-state index in [2.05, 4.69) is 6.08 Å². The van der Waals surface area contributed by atoms with Gasteiger partial charge < -0.3 is 9.64 Å². The lowest BCUT2D eigenvalue weighted by Gasteiger charge is -2.14. The Labute approximate surface area is 128 Å². The molecular weight excluding hydrogens is 284 g/mol. The minimum absolute atomic E-state index is 0.0206. The number of nitrogens with zero attached hydrogens (tertiary/aromatic N) is 2. The van der Waals surface area contributed by atoms with Crippen molar-refractivity contribution in [2.45, 2.75) is 13.3 Å². The highest BCUT2D eigenvalue weighted by Gasteiger charge is 2.37. The molecule has 1 aliphatic heterocycles. The molecule has 0 spiro atoms. The molecule has 22 heavy (non-hydrogen) atoms. The molecule has 1 heterocycles. The van der Waals surface area contributed by atoms with Gasteiger partial charge in [0.25, 0.3) is 0 Å². The van der Waals surface area contributed by atoms with E-state index in [-0.39, 0.29) is 17.3 Å². The van der Waals surface area contributed by atoms with Gasteiger partial charge >= 0.3 is 5.69 Å². The maximum absolute atomic E-state index is 11.4. The average molecular weight is 302 g/mol. The summed E-state index contributed by atoms with van der Waals surface area (Å²) in [7, 11) is 1.44. The Morgan fingerprint density at radius 3 is 2.77 bits per heavy atom. The van der Waals surface area contributed by atoms with E-state index in [0.717, 1.165) is 25.1 Å². The summed E-state index contributed by atoms with van der Waals surface area (Å²) in [6.45, 7) is 3.17. The molecule has 3 rings (SSSR count). The maximum atomic E-state index is 11.4. The average Bonchev–Trinajstić information content (AvgIpc) is 3.04.